The zero-order chi connectivity index (χ0) is 22.2. The average Bonchev–Trinajstić information content (AvgIpc) is 2.80. The lowest BCUT2D eigenvalue weighted by molar-refractivity contribution is -0.384. The number of likely N-dealkylation sites (N-methyl/N-ethyl adjacent to an activating group) is 1. The largest absolute Gasteiger partial charge is 0.353 e. The van der Waals surface area contributed by atoms with Gasteiger partial charge >= 0.3 is 0 Å². The van der Waals surface area contributed by atoms with Crippen molar-refractivity contribution in [1.29, 1.82) is 0 Å². The number of non-ortho nitro benzene ring substituents is 1. The molecule has 0 atom stereocenters. The van der Waals surface area contributed by atoms with Crippen molar-refractivity contribution in [3.05, 3.63) is 64.3 Å². The molecule has 1 saturated heterocycles. The van der Waals surface area contributed by atoms with Crippen molar-refractivity contribution >= 4 is 23.4 Å². The molecule has 2 aromatic rings. The minimum atomic E-state index is -0.423. The van der Waals surface area contributed by atoms with Gasteiger partial charge in [0.1, 0.15) is 5.82 Å². The van der Waals surface area contributed by atoms with Gasteiger partial charge in [-0.25, -0.2) is 9.98 Å². The first-order valence-electron chi connectivity index (χ1n) is 10.1. The summed E-state index contributed by atoms with van der Waals surface area (Å²) in [7, 11) is 3.42. The smallest absolute Gasteiger partial charge is 0.269 e. The van der Waals surface area contributed by atoms with Crippen molar-refractivity contribution in [2.24, 2.45) is 4.99 Å². The van der Waals surface area contributed by atoms with E-state index in [1.165, 1.54) is 17.0 Å². The maximum absolute atomic E-state index is 12.1. The minimum absolute atomic E-state index is 0.0462. The Morgan fingerprint density at radius 3 is 2.45 bits per heavy atom. The second kappa shape index (κ2) is 10.4. The van der Waals surface area contributed by atoms with E-state index in [0.29, 0.717) is 12.5 Å². The molecule has 1 aliphatic rings. The second-order valence-corrected chi connectivity index (χ2v) is 7.37. The van der Waals surface area contributed by atoms with Crippen LogP contribution in [-0.4, -0.2) is 78.4 Å². The minimum Gasteiger partial charge on any atom is -0.353 e. The van der Waals surface area contributed by atoms with Crippen LogP contribution in [0.25, 0.3) is 0 Å². The van der Waals surface area contributed by atoms with Gasteiger partial charge in [-0.15, -0.1) is 0 Å². The van der Waals surface area contributed by atoms with Gasteiger partial charge < -0.3 is 20.0 Å². The monoisotopic (exact) mass is 425 g/mol. The third-order valence-corrected chi connectivity index (χ3v) is 5.01. The van der Waals surface area contributed by atoms with Gasteiger partial charge in [0.15, 0.2) is 5.96 Å². The predicted molar refractivity (Wildman–Crippen MR) is 119 cm³/mol. The first-order chi connectivity index (χ1) is 14.9. The molecular weight excluding hydrogens is 398 g/mol. The molecule has 1 amide bonds. The Balaban J connectivity index is 1.67. The van der Waals surface area contributed by atoms with Crippen LogP contribution in [0.2, 0.25) is 0 Å². The number of carbonyl (C=O) groups is 1. The summed E-state index contributed by atoms with van der Waals surface area (Å²) in [5, 5.41) is 14.0. The Morgan fingerprint density at radius 2 is 1.87 bits per heavy atom. The van der Waals surface area contributed by atoms with E-state index in [2.05, 4.69) is 25.1 Å². The number of piperazine rings is 1. The number of aromatic nitrogens is 1. The van der Waals surface area contributed by atoms with Gasteiger partial charge in [-0.1, -0.05) is 18.2 Å². The van der Waals surface area contributed by atoms with E-state index in [1.54, 1.807) is 32.4 Å². The van der Waals surface area contributed by atoms with E-state index in [9.17, 15) is 14.9 Å². The summed E-state index contributed by atoms with van der Waals surface area (Å²) in [6.07, 6.45) is 1.78. The topological polar surface area (TPSA) is 107 Å². The summed E-state index contributed by atoms with van der Waals surface area (Å²) in [6.45, 7) is 3.55. The fourth-order valence-electron chi connectivity index (χ4n) is 3.16. The lowest BCUT2D eigenvalue weighted by atomic mass is 10.2. The number of nitrogens with one attached hydrogen (secondary N) is 1. The Hall–Kier alpha value is -3.69. The standard InChI is InChI=1S/C21H27N7O3/c1-25(2)20(29)16-24-21(23-15-17-6-8-18(9-7-17)28(30)31)27-13-11-26(12-14-27)19-5-3-4-10-22-19/h3-10H,11-16H2,1-2H3,(H,23,24). The highest BCUT2D eigenvalue weighted by atomic mass is 16.6. The molecule has 0 radical (unpaired) electrons. The van der Waals surface area contributed by atoms with Gasteiger partial charge in [-0.05, 0) is 17.7 Å². The average molecular weight is 425 g/mol. The van der Waals surface area contributed by atoms with E-state index in [1.807, 2.05) is 18.2 Å². The van der Waals surface area contributed by atoms with Crippen molar-refractivity contribution in [3.8, 4) is 0 Å². The van der Waals surface area contributed by atoms with Gasteiger partial charge in [0.05, 0.1) is 18.0 Å². The van der Waals surface area contributed by atoms with Gasteiger partial charge in [-0.3, -0.25) is 14.9 Å². The summed E-state index contributed by atoms with van der Waals surface area (Å²) in [4.78, 5) is 37.4. The number of pyridine rings is 1. The van der Waals surface area contributed by atoms with Crippen molar-refractivity contribution in [2.45, 2.75) is 6.54 Å². The van der Waals surface area contributed by atoms with Crippen LogP contribution in [-0.2, 0) is 11.3 Å². The number of amides is 1. The number of anilines is 1. The number of benzene rings is 1. The van der Waals surface area contributed by atoms with Crippen LogP contribution in [0, 0.1) is 10.1 Å². The summed E-state index contributed by atoms with van der Waals surface area (Å²) in [6, 6.07) is 12.2. The molecule has 0 bridgehead atoms. The molecular formula is C21H27N7O3. The van der Waals surface area contributed by atoms with Crippen LogP contribution in [0.1, 0.15) is 5.56 Å². The Kier molecular flexibility index (Phi) is 7.36. The molecule has 0 spiro atoms. The Morgan fingerprint density at radius 1 is 1.16 bits per heavy atom. The highest BCUT2D eigenvalue weighted by Gasteiger charge is 2.21. The molecule has 1 N–H and O–H groups in total. The molecule has 31 heavy (non-hydrogen) atoms. The van der Waals surface area contributed by atoms with Gasteiger partial charge in [0.2, 0.25) is 5.91 Å². The molecule has 10 heteroatoms. The van der Waals surface area contributed by atoms with Gasteiger partial charge in [-0.2, -0.15) is 0 Å². The number of carbonyl (C=O) groups excluding carboxylic acids is 1. The van der Waals surface area contributed by atoms with E-state index >= 15 is 0 Å². The van der Waals surface area contributed by atoms with Crippen LogP contribution in [0.5, 0.6) is 0 Å². The van der Waals surface area contributed by atoms with Crippen LogP contribution in [0.4, 0.5) is 11.5 Å². The maximum atomic E-state index is 12.1. The van der Waals surface area contributed by atoms with E-state index in [0.717, 1.165) is 37.6 Å². The summed E-state index contributed by atoms with van der Waals surface area (Å²) in [5.74, 6) is 1.55. The van der Waals surface area contributed by atoms with Crippen LogP contribution >= 0.6 is 0 Å². The van der Waals surface area contributed by atoms with Crippen LogP contribution < -0.4 is 10.2 Å². The number of nitro benzene ring substituents is 1. The second-order valence-electron chi connectivity index (χ2n) is 7.37. The molecule has 3 rings (SSSR count). The summed E-state index contributed by atoms with van der Waals surface area (Å²) in [5.41, 5.74) is 0.907. The molecule has 10 nitrogen and oxygen atoms in total. The number of rotatable bonds is 6. The van der Waals surface area contributed by atoms with Crippen molar-refractivity contribution in [1.82, 2.24) is 20.1 Å². The number of hydrogen-bond acceptors (Lipinski definition) is 6. The van der Waals surface area contributed by atoms with Gasteiger partial charge in [0.25, 0.3) is 5.69 Å². The molecule has 0 unspecified atom stereocenters. The predicted octanol–water partition coefficient (Wildman–Crippen LogP) is 1.35. The normalized spacial score (nSPS) is 14.3. The highest BCUT2D eigenvalue weighted by Crippen LogP contribution is 2.14. The lowest BCUT2D eigenvalue weighted by Crippen LogP contribution is -2.53. The first-order valence-corrected chi connectivity index (χ1v) is 10.1. The maximum Gasteiger partial charge on any atom is 0.269 e. The SMILES string of the molecule is CN(C)C(=O)CNC(=NCc1ccc([N+](=O)[O-])cc1)N1CCN(c2ccccn2)CC1. The molecule has 1 aromatic carbocycles. The number of nitrogens with zero attached hydrogens (tertiary/aromatic N) is 6. The molecule has 1 fully saturated rings. The third kappa shape index (κ3) is 6.14. The molecule has 0 aliphatic carbocycles. The Labute approximate surface area is 181 Å². The lowest BCUT2D eigenvalue weighted by Gasteiger charge is -2.37. The molecule has 1 aromatic heterocycles. The van der Waals surface area contributed by atoms with E-state index in [-0.39, 0.29) is 18.1 Å². The zero-order valence-electron chi connectivity index (χ0n) is 17.8. The molecule has 1 aliphatic heterocycles. The third-order valence-electron chi connectivity index (χ3n) is 5.01. The summed E-state index contributed by atoms with van der Waals surface area (Å²) < 4.78 is 0. The molecule has 2 heterocycles. The first kappa shape index (κ1) is 22.0. The molecule has 164 valence electrons. The van der Waals surface area contributed by atoms with Crippen molar-refractivity contribution in [3.63, 3.8) is 0 Å². The van der Waals surface area contributed by atoms with Crippen molar-refractivity contribution in [2.75, 3.05) is 51.7 Å². The fourth-order valence-corrected chi connectivity index (χ4v) is 3.16. The number of aliphatic imine (C=N–C) groups is 1. The van der Waals surface area contributed by atoms with E-state index < -0.39 is 4.92 Å². The zero-order valence-corrected chi connectivity index (χ0v) is 17.8. The summed E-state index contributed by atoms with van der Waals surface area (Å²) >= 11 is 0. The van der Waals surface area contributed by atoms with Crippen LogP contribution in [0.15, 0.2) is 53.7 Å². The Bertz CT molecular complexity index is 908. The number of nitro groups is 1. The molecule has 0 saturated carbocycles. The van der Waals surface area contributed by atoms with Crippen molar-refractivity contribution < 1.29 is 9.72 Å². The van der Waals surface area contributed by atoms with Gasteiger partial charge in [0, 0.05) is 58.6 Å². The number of guanidine groups is 1. The quantitative estimate of drug-likeness (QED) is 0.322. The highest BCUT2D eigenvalue weighted by molar-refractivity contribution is 5.86. The number of hydrogen-bond donors (Lipinski definition) is 1. The van der Waals surface area contributed by atoms with Crippen LogP contribution in [0.3, 0.4) is 0 Å². The van der Waals surface area contributed by atoms with E-state index in [4.69, 9.17) is 0 Å². The fraction of sp³-hybridized carbons (Fsp3) is 0.381.